The smallest absolute Gasteiger partial charge is 0.178 e. The molecule has 1 unspecified atom stereocenters. The summed E-state index contributed by atoms with van der Waals surface area (Å²) in [5, 5.41) is 3.25. The van der Waals surface area contributed by atoms with Crippen molar-refractivity contribution in [2.45, 2.75) is 26.3 Å². The van der Waals surface area contributed by atoms with Gasteiger partial charge in [-0.3, -0.25) is 4.79 Å². The SMILES string of the molecule is CC(C)=CC(=O)C1Cc2ccccc2N1. The molecule has 0 aliphatic carbocycles. The molecule has 1 N–H and O–H groups in total. The molecule has 0 aromatic heterocycles. The maximum Gasteiger partial charge on any atom is 0.178 e. The molecule has 0 saturated carbocycles. The molecule has 0 amide bonds. The predicted molar refractivity (Wildman–Crippen MR) is 62.0 cm³/mol. The summed E-state index contributed by atoms with van der Waals surface area (Å²) in [5.41, 5.74) is 3.38. The number of fused-ring (bicyclic) bond motifs is 1. The molecule has 0 fully saturated rings. The third kappa shape index (κ3) is 2.09. The molecule has 1 aromatic rings. The number of para-hydroxylation sites is 1. The molecule has 1 aliphatic rings. The summed E-state index contributed by atoms with van der Waals surface area (Å²) in [6.07, 6.45) is 2.52. The lowest BCUT2D eigenvalue weighted by molar-refractivity contribution is -0.115. The first-order valence-corrected chi connectivity index (χ1v) is 5.20. The average Bonchev–Trinajstić information content (AvgIpc) is 2.59. The number of ketones is 1. The van der Waals surface area contributed by atoms with Crippen molar-refractivity contribution in [2.75, 3.05) is 5.32 Å². The van der Waals surface area contributed by atoms with Gasteiger partial charge < -0.3 is 5.32 Å². The molecule has 78 valence electrons. The van der Waals surface area contributed by atoms with E-state index in [1.54, 1.807) is 6.08 Å². The van der Waals surface area contributed by atoms with Crippen LogP contribution in [0.4, 0.5) is 5.69 Å². The Hall–Kier alpha value is -1.57. The van der Waals surface area contributed by atoms with Crippen LogP contribution in [0.2, 0.25) is 0 Å². The number of benzene rings is 1. The van der Waals surface area contributed by atoms with Crippen LogP contribution in [-0.4, -0.2) is 11.8 Å². The highest BCUT2D eigenvalue weighted by Gasteiger charge is 2.24. The molecule has 2 heteroatoms. The zero-order chi connectivity index (χ0) is 10.8. The number of anilines is 1. The highest BCUT2D eigenvalue weighted by molar-refractivity contribution is 5.98. The van der Waals surface area contributed by atoms with E-state index in [4.69, 9.17) is 0 Å². The fourth-order valence-corrected chi connectivity index (χ4v) is 1.85. The first kappa shape index (κ1) is 9.97. The summed E-state index contributed by atoms with van der Waals surface area (Å²) in [5.74, 6) is 0.172. The molecule has 2 nitrogen and oxygen atoms in total. The van der Waals surface area contributed by atoms with Crippen LogP contribution in [0.3, 0.4) is 0 Å². The number of allylic oxidation sites excluding steroid dienone is 1. The molecule has 1 aromatic carbocycles. The number of nitrogens with one attached hydrogen (secondary N) is 1. The quantitative estimate of drug-likeness (QED) is 0.745. The van der Waals surface area contributed by atoms with E-state index < -0.39 is 0 Å². The first-order chi connectivity index (χ1) is 7.16. The molecular formula is C13H15NO. The van der Waals surface area contributed by atoms with E-state index >= 15 is 0 Å². The van der Waals surface area contributed by atoms with Crippen molar-refractivity contribution in [2.24, 2.45) is 0 Å². The Morgan fingerprint density at radius 3 is 2.80 bits per heavy atom. The summed E-state index contributed by atoms with van der Waals surface area (Å²) >= 11 is 0. The Morgan fingerprint density at radius 2 is 2.13 bits per heavy atom. The second kappa shape index (κ2) is 3.89. The first-order valence-electron chi connectivity index (χ1n) is 5.20. The van der Waals surface area contributed by atoms with Crippen molar-refractivity contribution in [3.63, 3.8) is 0 Å². The van der Waals surface area contributed by atoms with Gasteiger partial charge in [0, 0.05) is 12.1 Å². The Balaban J connectivity index is 2.14. The van der Waals surface area contributed by atoms with Crippen molar-refractivity contribution in [3.8, 4) is 0 Å². The fraction of sp³-hybridized carbons (Fsp3) is 0.308. The number of hydrogen-bond acceptors (Lipinski definition) is 2. The summed E-state index contributed by atoms with van der Waals surface area (Å²) in [4.78, 5) is 11.8. The number of carbonyl (C=O) groups is 1. The van der Waals surface area contributed by atoms with Crippen LogP contribution in [0, 0.1) is 0 Å². The lowest BCUT2D eigenvalue weighted by atomic mass is 10.1. The molecular weight excluding hydrogens is 186 g/mol. The molecule has 2 rings (SSSR count). The van der Waals surface area contributed by atoms with Gasteiger partial charge in [0.25, 0.3) is 0 Å². The molecule has 0 saturated heterocycles. The molecule has 0 spiro atoms. The Bertz CT molecular complexity index is 391. The van der Waals surface area contributed by atoms with Crippen molar-refractivity contribution >= 4 is 11.5 Å². The van der Waals surface area contributed by atoms with Gasteiger partial charge >= 0.3 is 0 Å². The summed E-state index contributed by atoms with van der Waals surface area (Å²) < 4.78 is 0. The monoisotopic (exact) mass is 201 g/mol. The maximum atomic E-state index is 11.8. The zero-order valence-corrected chi connectivity index (χ0v) is 9.08. The van der Waals surface area contributed by atoms with Gasteiger partial charge in [-0.05, 0) is 31.6 Å². The molecule has 1 heterocycles. The lowest BCUT2D eigenvalue weighted by Gasteiger charge is -2.06. The van der Waals surface area contributed by atoms with E-state index in [1.165, 1.54) is 5.56 Å². The van der Waals surface area contributed by atoms with E-state index in [2.05, 4.69) is 11.4 Å². The van der Waals surface area contributed by atoms with Gasteiger partial charge in [-0.15, -0.1) is 0 Å². The van der Waals surface area contributed by atoms with Gasteiger partial charge in [-0.25, -0.2) is 0 Å². The number of carbonyl (C=O) groups excluding carboxylic acids is 1. The second-order valence-corrected chi connectivity index (χ2v) is 4.18. The Labute approximate surface area is 90.0 Å². The van der Waals surface area contributed by atoms with Gasteiger partial charge in [0.1, 0.15) is 0 Å². The van der Waals surface area contributed by atoms with Gasteiger partial charge in [-0.2, -0.15) is 0 Å². The molecule has 1 atom stereocenters. The summed E-state index contributed by atoms with van der Waals surface area (Å²) in [6, 6.07) is 8.01. The minimum Gasteiger partial charge on any atom is -0.374 e. The van der Waals surface area contributed by atoms with Crippen molar-refractivity contribution in [1.82, 2.24) is 0 Å². The highest BCUT2D eigenvalue weighted by Crippen LogP contribution is 2.25. The number of hydrogen-bond donors (Lipinski definition) is 1. The number of rotatable bonds is 2. The van der Waals surface area contributed by atoms with Crippen molar-refractivity contribution in [1.29, 1.82) is 0 Å². The average molecular weight is 201 g/mol. The van der Waals surface area contributed by atoms with Gasteiger partial charge in [0.05, 0.1) is 6.04 Å². The Kier molecular flexibility index (Phi) is 2.58. The molecule has 15 heavy (non-hydrogen) atoms. The maximum absolute atomic E-state index is 11.8. The predicted octanol–water partition coefficient (Wildman–Crippen LogP) is 2.56. The van der Waals surface area contributed by atoms with Crippen LogP contribution >= 0.6 is 0 Å². The topological polar surface area (TPSA) is 29.1 Å². The third-order valence-electron chi connectivity index (χ3n) is 2.55. The highest BCUT2D eigenvalue weighted by atomic mass is 16.1. The minimum absolute atomic E-state index is 0.0719. The molecule has 0 bridgehead atoms. The van der Waals surface area contributed by atoms with Gasteiger partial charge in [-0.1, -0.05) is 23.8 Å². The molecule has 0 radical (unpaired) electrons. The summed E-state index contributed by atoms with van der Waals surface area (Å²) in [6.45, 7) is 3.89. The van der Waals surface area contributed by atoms with Crippen LogP contribution < -0.4 is 5.32 Å². The van der Waals surface area contributed by atoms with Crippen molar-refractivity contribution < 1.29 is 4.79 Å². The van der Waals surface area contributed by atoms with E-state index in [1.807, 2.05) is 32.0 Å². The van der Waals surface area contributed by atoms with E-state index in [0.29, 0.717) is 0 Å². The zero-order valence-electron chi connectivity index (χ0n) is 9.08. The van der Waals surface area contributed by atoms with Crippen LogP contribution in [0.25, 0.3) is 0 Å². The van der Waals surface area contributed by atoms with E-state index in [9.17, 15) is 4.79 Å². The minimum atomic E-state index is -0.0719. The second-order valence-electron chi connectivity index (χ2n) is 4.18. The normalized spacial score (nSPS) is 17.9. The van der Waals surface area contributed by atoms with Gasteiger partial charge in [0.15, 0.2) is 5.78 Å². The van der Waals surface area contributed by atoms with Gasteiger partial charge in [0.2, 0.25) is 0 Å². The van der Waals surface area contributed by atoms with Crippen LogP contribution in [-0.2, 0) is 11.2 Å². The Morgan fingerprint density at radius 1 is 1.40 bits per heavy atom. The van der Waals surface area contributed by atoms with E-state index in [-0.39, 0.29) is 11.8 Å². The molecule has 1 aliphatic heterocycles. The van der Waals surface area contributed by atoms with Crippen LogP contribution in [0.15, 0.2) is 35.9 Å². The van der Waals surface area contributed by atoms with E-state index in [0.717, 1.165) is 17.7 Å². The van der Waals surface area contributed by atoms with Crippen molar-refractivity contribution in [3.05, 3.63) is 41.5 Å². The van der Waals surface area contributed by atoms with Crippen LogP contribution in [0.5, 0.6) is 0 Å². The van der Waals surface area contributed by atoms with Crippen LogP contribution in [0.1, 0.15) is 19.4 Å². The largest absolute Gasteiger partial charge is 0.374 e. The lowest BCUT2D eigenvalue weighted by Crippen LogP contribution is -2.25. The summed E-state index contributed by atoms with van der Waals surface area (Å²) in [7, 11) is 0. The third-order valence-corrected chi connectivity index (χ3v) is 2.55. The fourth-order valence-electron chi connectivity index (χ4n) is 1.85. The standard InChI is InChI=1S/C13H15NO/c1-9(2)7-13(15)12-8-10-5-3-4-6-11(10)14-12/h3-7,12,14H,8H2,1-2H3.